The second-order valence-corrected chi connectivity index (χ2v) is 8.41. The number of pyridine rings is 1. The zero-order valence-corrected chi connectivity index (χ0v) is 19.2. The lowest BCUT2D eigenvalue weighted by Crippen LogP contribution is -2.47. The number of carbonyl (C=O) groups excluding carboxylic acids is 2. The number of benzene rings is 1. The highest BCUT2D eigenvalue weighted by Crippen LogP contribution is 2.34. The van der Waals surface area contributed by atoms with Gasteiger partial charge in [0.05, 0.1) is 5.56 Å². The zero-order valence-electron chi connectivity index (χ0n) is 17.6. The largest absolute Gasteiger partial charge is 0.502 e. The summed E-state index contributed by atoms with van der Waals surface area (Å²) in [5.41, 5.74) is -0.834. The van der Waals surface area contributed by atoms with Crippen molar-refractivity contribution in [3.8, 4) is 5.75 Å². The summed E-state index contributed by atoms with van der Waals surface area (Å²) in [7, 11) is 0. The highest BCUT2D eigenvalue weighted by atomic mass is 79.9. The second-order valence-electron chi connectivity index (χ2n) is 7.55. The molecular weight excluding hydrogens is 469 g/mol. The standard InChI is InChI=1S/C22H25BrFN3O4/c1-4-9-22(6-3)26-20(30)17-14(5-2)16(18(28)21(31)27(17)22)19(29)25-11-12-7-8-13(24)10-15(12)23/h7-8,10,28H,4-6,9,11H2,1-3H3,(H,25,29)(H,26,30). The Morgan fingerprint density at radius 2 is 2.00 bits per heavy atom. The van der Waals surface area contributed by atoms with E-state index in [0.29, 0.717) is 28.4 Å². The van der Waals surface area contributed by atoms with Crippen LogP contribution in [0.2, 0.25) is 0 Å². The van der Waals surface area contributed by atoms with Gasteiger partial charge in [0.25, 0.3) is 17.4 Å². The predicted molar refractivity (Wildman–Crippen MR) is 118 cm³/mol. The van der Waals surface area contributed by atoms with Crippen molar-refractivity contribution in [2.24, 2.45) is 0 Å². The first kappa shape index (κ1) is 23.0. The van der Waals surface area contributed by atoms with Gasteiger partial charge in [0, 0.05) is 11.0 Å². The van der Waals surface area contributed by atoms with Crippen molar-refractivity contribution in [2.75, 3.05) is 0 Å². The monoisotopic (exact) mass is 493 g/mol. The van der Waals surface area contributed by atoms with E-state index in [0.717, 1.165) is 6.42 Å². The third-order valence-corrected chi connectivity index (χ3v) is 6.46. The molecule has 7 nitrogen and oxygen atoms in total. The number of halogens is 2. The van der Waals surface area contributed by atoms with Gasteiger partial charge in [-0.3, -0.25) is 19.0 Å². The molecule has 0 aliphatic carbocycles. The van der Waals surface area contributed by atoms with Gasteiger partial charge >= 0.3 is 0 Å². The SMILES string of the molecule is CCCC1(CC)NC(=O)c2c(CC)c(C(=O)NCc3ccc(F)cc3Br)c(O)c(=O)n21. The van der Waals surface area contributed by atoms with Gasteiger partial charge in [0.2, 0.25) is 0 Å². The van der Waals surface area contributed by atoms with Crippen LogP contribution in [0.4, 0.5) is 4.39 Å². The maximum atomic E-state index is 13.3. The third-order valence-electron chi connectivity index (χ3n) is 5.73. The van der Waals surface area contributed by atoms with Gasteiger partial charge in [-0.15, -0.1) is 0 Å². The molecule has 0 saturated carbocycles. The van der Waals surface area contributed by atoms with Crippen LogP contribution in [0, 0.1) is 5.82 Å². The lowest BCUT2D eigenvalue weighted by atomic mass is 9.98. The summed E-state index contributed by atoms with van der Waals surface area (Å²) in [5, 5.41) is 16.3. The molecule has 1 aromatic heterocycles. The minimum absolute atomic E-state index is 0.0433. The van der Waals surface area contributed by atoms with E-state index in [1.165, 1.54) is 22.8 Å². The molecule has 0 fully saturated rings. The van der Waals surface area contributed by atoms with Crippen LogP contribution in [0.1, 0.15) is 72.0 Å². The molecule has 31 heavy (non-hydrogen) atoms. The van der Waals surface area contributed by atoms with Crippen LogP contribution in [0.15, 0.2) is 27.5 Å². The van der Waals surface area contributed by atoms with Crippen molar-refractivity contribution in [2.45, 2.75) is 58.7 Å². The highest BCUT2D eigenvalue weighted by molar-refractivity contribution is 9.10. The zero-order chi connectivity index (χ0) is 22.9. The van der Waals surface area contributed by atoms with Crippen molar-refractivity contribution < 1.29 is 19.1 Å². The molecular formula is C22H25BrFN3O4. The van der Waals surface area contributed by atoms with Crippen molar-refractivity contribution in [1.29, 1.82) is 0 Å². The van der Waals surface area contributed by atoms with E-state index in [1.807, 2.05) is 13.8 Å². The van der Waals surface area contributed by atoms with Gasteiger partial charge in [0.1, 0.15) is 17.2 Å². The number of fused-ring (bicyclic) bond motifs is 1. The number of aromatic hydroxyl groups is 1. The molecule has 0 spiro atoms. The Kier molecular flexibility index (Phi) is 6.54. The summed E-state index contributed by atoms with van der Waals surface area (Å²) in [6, 6.07) is 4.07. The Bertz CT molecular complexity index is 1110. The number of rotatable bonds is 7. The Morgan fingerprint density at radius 3 is 2.58 bits per heavy atom. The highest BCUT2D eigenvalue weighted by Gasteiger charge is 2.45. The van der Waals surface area contributed by atoms with Gasteiger partial charge in [-0.2, -0.15) is 0 Å². The number of carbonyl (C=O) groups is 2. The summed E-state index contributed by atoms with van der Waals surface area (Å²) in [6.07, 6.45) is 1.98. The summed E-state index contributed by atoms with van der Waals surface area (Å²) in [5.74, 6) is -2.21. The molecule has 2 aromatic rings. The van der Waals surface area contributed by atoms with Crippen LogP contribution in [0.5, 0.6) is 5.75 Å². The van der Waals surface area contributed by atoms with E-state index in [2.05, 4.69) is 26.6 Å². The first-order valence-electron chi connectivity index (χ1n) is 10.3. The maximum Gasteiger partial charge on any atom is 0.296 e. The van der Waals surface area contributed by atoms with Crippen molar-refractivity contribution in [1.82, 2.24) is 15.2 Å². The molecule has 3 rings (SSSR count). The first-order chi connectivity index (χ1) is 14.7. The molecule has 166 valence electrons. The lowest BCUT2D eigenvalue weighted by Gasteiger charge is -2.30. The van der Waals surface area contributed by atoms with Crippen molar-refractivity contribution in [3.05, 3.63) is 61.2 Å². The predicted octanol–water partition coefficient (Wildman–Crippen LogP) is 3.55. The summed E-state index contributed by atoms with van der Waals surface area (Å²) in [4.78, 5) is 38.9. The molecule has 0 radical (unpaired) electrons. The van der Waals surface area contributed by atoms with Gasteiger partial charge in [-0.05, 0) is 42.5 Å². The third kappa shape index (κ3) is 3.86. The van der Waals surface area contributed by atoms with Crippen LogP contribution in [0.25, 0.3) is 0 Å². The van der Waals surface area contributed by atoms with Gasteiger partial charge in [-0.1, -0.05) is 49.2 Å². The average Bonchev–Trinajstić information content (AvgIpc) is 3.02. The molecule has 2 amide bonds. The minimum atomic E-state index is -0.923. The number of hydrogen-bond acceptors (Lipinski definition) is 4. The summed E-state index contributed by atoms with van der Waals surface area (Å²) in [6.45, 7) is 5.61. The first-order valence-corrected chi connectivity index (χ1v) is 11.1. The number of aromatic nitrogens is 1. The average molecular weight is 494 g/mol. The van der Waals surface area contributed by atoms with E-state index in [1.54, 1.807) is 6.92 Å². The summed E-state index contributed by atoms with van der Waals surface area (Å²) < 4.78 is 15.1. The van der Waals surface area contributed by atoms with Crippen LogP contribution in [0.3, 0.4) is 0 Å². The molecule has 1 aliphatic rings. The molecule has 1 aliphatic heterocycles. The van der Waals surface area contributed by atoms with Gasteiger partial charge < -0.3 is 15.7 Å². The fourth-order valence-electron chi connectivity index (χ4n) is 4.21. The smallest absolute Gasteiger partial charge is 0.296 e. The number of amides is 2. The Labute approximate surface area is 187 Å². The maximum absolute atomic E-state index is 13.3. The van der Waals surface area contributed by atoms with Crippen molar-refractivity contribution in [3.63, 3.8) is 0 Å². The molecule has 1 atom stereocenters. The molecule has 0 saturated heterocycles. The van der Waals surface area contributed by atoms with E-state index in [4.69, 9.17) is 0 Å². The fourth-order valence-corrected chi connectivity index (χ4v) is 4.70. The second kappa shape index (κ2) is 8.82. The van der Waals surface area contributed by atoms with Crippen molar-refractivity contribution >= 4 is 27.7 Å². The van der Waals surface area contributed by atoms with E-state index < -0.39 is 34.6 Å². The topological polar surface area (TPSA) is 100 Å². The molecule has 2 heterocycles. The van der Waals surface area contributed by atoms with Crippen LogP contribution in [-0.2, 0) is 18.6 Å². The van der Waals surface area contributed by atoms with Gasteiger partial charge in [-0.25, -0.2) is 4.39 Å². The van der Waals surface area contributed by atoms with Crippen LogP contribution >= 0.6 is 15.9 Å². The molecule has 3 N–H and O–H groups in total. The molecule has 0 bridgehead atoms. The van der Waals surface area contributed by atoms with Gasteiger partial charge in [0.15, 0.2) is 5.75 Å². The Morgan fingerprint density at radius 1 is 1.29 bits per heavy atom. The quantitative estimate of drug-likeness (QED) is 0.548. The number of nitrogens with one attached hydrogen (secondary N) is 2. The normalized spacial score (nSPS) is 17.4. The molecule has 1 aromatic carbocycles. The molecule has 1 unspecified atom stereocenters. The van der Waals surface area contributed by atoms with Crippen LogP contribution in [-0.4, -0.2) is 21.5 Å². The van der Waals surface area contributed by atoms with E-state index >= 15 is 0 Å². The summed E-state index contributed by atoms with van der Waals surface area (Å²) >= 11 is 3.24. The Balaban J connectivity index is 2.07. The minimum Gasteiger partial charge on any atom is -0.502 e. The van der Waals surface area contributed by atoms with Crippen LogP contribution < -0.4 is 16.2 Å². The lowest BCUT2D eigenvalue weighted by molar-refractivity contribution is 0.0903. The van der Waals surface area contributed by atoms with E-state index in [9.17, 15) is 23.9 Å². The number of hydrogen-bond donors (Lipinski definition) is 3. The number of nitrogens with zero attached hydrogens (tertiary/aromatic N) is 1. The fraction of sp³-hybridized carbons (Fsp3) is 0.409. The molecule has 9 heteroatoms. The Hall–Kier alpha value is -2.68. The van der Waals surface area contributed by atoms with E-state index in [-0.39, 0.29) is 24.2 Å².